The van der Waals surface area contributed by atoms with Crippen LogP contribution in [-0.4, -0.2) is 34.2 Å². The molecule has 140 valence electrons. The summed E-state index contributed by atoms with van der Waals surface area (Å²) in [6.45, 7) is 4.49. The molecule has 0 bridgehead atoms. The zero-order valence-corrected chi connectivity index (χ0v) is 15.7. The molecule has 0 atom stereocenters. The summed E-state index contributed by atoms with van der Waals surface area (Å²) in [6, 6.07) is 4.67. The van der Waals surface area contributed by atoms with E-state index in [4.69, 9.17) is 4.74 Å². The van der Waals surface area contributed by atoms with Crippen molar-refractivity contribution >= 4 is 45.0 Å². The fourth-order valence-electron chi connectivity index (χ4n) is 2.61. The number of nitrogens with one attached hydrogen (secondary N) is 3. The number of carbonyl (C=O) groups is 3. The highest BCUT2D eigenvalue weighted by Gasteiger charge is 2.22. The lowest BCUT2D eigenvalue weighted by Crippen LogP contribution is -2.16. The summed E-state index contributed by atoms with van der Waals surface area (Å²) in [7, 11) is 0. The van der Waals surface area contributed by atoms with Gasteiger partial charge in [-0.15, -0.1) is 11.3 Å². The molecule has 1 aromatic carbocycles. The van der Waals surface area contributed by atoms with Gasteiger partial charge in [0.1, 0.15) is 5.00 Å². The molecule has 2 heterocycles. The van der Waals surface area contributed by atoms with Crippen LogP contribution in [0.5, 0.6) is 0 Å². The van der Waals surface area contributed by atoms with Crippen LogP contribution >= 0.6 is 11.3 Å². The Balaban J connectivity index is 1.75. The molecule has 1 amide bonds. The zero-order chi connectivity index (χ0) is 19.7. The molecule has 3 N–H and O–H groups in total. The zero-order valence-electron chi connectivity index (χ0n) is 14.9. The molecule has 0 unspecified atom stereocenters. The van der Waals surface area contributed by atoms with Gasteiger partial charge < -0.3 is 20.0 Å². The number of Topliss-reactive ketones (excluding diaryl/α,β-unsaturated/α-hetero) is 1. The summed E-state index contributed by atoms with van der Waals surface area (Å²) in [4.78, 5) is 53.4. The Bertz CT molecular complexity index is 1120. The first-order chi connectivity index (χ1) is 12.8. The van der Waals surface area contributed by atoms with E-state index >= 15 is 0 Å². The fourth-order valence-corrected chi connectivity index (χ4v) is 3.71. The van der Waals surface area contributed by atoms with Crippen LogP contribution in [0.25, 0.3) is 11.0 Å². The van der Waals surface area contributed by atoms with E-state index in [1.54, 1.807) is 19.1 Å². The van der Waals surface area contributed by atoms with Gasteiger partial charge in [-0.1, -0.05) is 0 Å². The number of thiophene rings is 1. The van der Waals surface area contributed by atoms with Crippen LogP contribution in [0.1, 0.15) is 38.1 Å². The van der Waals surface area contributed by atoms with Crippen molar-refractivity contribution in [3.05, 3.63) is 50.3 Å². The van der Waals surface area contributed by atoms with Crippen molar-refractivity contribution in [3.63, 3.8) is 0 Å². The third kappa shape index (κ3) is 3.82. The minimum atomic E-state index is -0.676. The number of aromatic amines is 2. The Labute approximate surface area is 157 Å². The third-order valence-corrected chi connectivity index (χ3v) is 5.17. The van der Waals surface area contributed by atoms with Crippen molar-refractivity contribution in [2.24, 2.45) is 0 Å². The molecule has 8 nitrogen and oxygen atoms in total. The van der Waals surface area contributed by atoms with Gasteiger partial charge in [0.25, 0.3) is 0 Å². The molecule has 9 heteroatoms. The molecule has 0 saturated heterocycles. The van der Waals surface area contributed by atoms with Gasteiger partial charge in [-0.25, -0.2) is 9.59 Å². The van der Waals surface area contributed by atoms with E-state index in [0.29, 0.717) is 27.2 Å². The first-order valence-electron chi connectivity index (χ1n) is 8.06. The molecule has 27 heavy (non-hydrogen) atoms. The van der Waals surface area contributed by atoms with Crippen molar-refractivity contribution in [2.75, 3.05) is 11.9 Å². The number of aromatic nitrogens is 2. The summed E-state index contributed by atoms with van der Waals surface area (Å²) in [5, 5.41) is 3.02. The van der Waals surface area contributed by atoms with E-state index in [2.05, 4.69) is 15.3 Å². The number of carbonyl (C=O) groups excluding carboxylic acids is 3. The van der Waals surface area contributed by atoms with Gasteiger partial charge in [0, 0.05) is 17.4 Å². The number of esters is 1. The summed E-state index contributed by atoms with van der Waals surface area (Å²) in [5.41, 5.74) is 1.98. The largest absolute Gasteiger partial charge is 0.454 e. The molecular weight excluding hydrogens is 370 g/mol. The Kier molecular flexibility index (Phi) is 4.95. The van der Waals surface area contributed by atoms with Crippen molar-refractivity contribution in [3.8, 4) is 0 Å². The van der Waals surface area contributed by atoms with Gasteiger partial charge in [-0.2, -0.15) is 0 Å². The van der Waals surface area contributed by atoms with Crippen LogP contribution in [-0.2, 0) is 9.53 Å². The first kappa shape index (κ1) is 18.6. The van der Waals surface area contributed by atoms with Crippen molar-refractivity contribution in [1.29, 1.82) is 0 Å². The van der Waals surface area contributed by atoms with Crippen LogP contribution < -0.4 is 11.0 Å². The van der Waals surface area contributed by atoms with E-state index in [-0.39, 0.29) is 17.2 Å². The highest BCUT2D eigenvalue weighted by Crippen LogP contribution is 2.33. The molecule has 0 aliphatic heterocycles. The monoisotopic (exact) mass is 387 g/mol. The number of H-pyrrole nitrogens is 2. The van der Waals surface area contributed by atoms with E-state index in [1.165, 1.54) is 24.3 Å². The van der Waals surface area contributed by atoms with Gasteiger partial charge in [0.2, 0.25) is 5.91 Å². The van der Waals surface area contributed by atoms with Gasteiger partial charge in [0.05, 0.1) is 16.6 Å². The normalized spacial score (nSPS) is 10.8. The summed E-state index contributed by atoms with van der Waals surface area (Å²) >= 11 is 1.28. The number of imidazole rings is 1. The second kappa shape index (κ2) is 7.20. The molecule has 0 fully saturated rings. The second-order valence-corrected chi connectivity index (χ2v) is 7.23. The maximum atomic E-state index is 12.5. The van der Waals surface area contributed by atoms with Crippen molar-refractivity contribution in [1.82, 2.24) is 9.97 Å². The number of amides is 1. The molecule has 2 aromatic heterocycles. The molecule has 0 spiro atoms. The van der Waals surface area contributed by atoms with E-state index in [9.17, 15) is 19.2 Å². The highest BCUT2D eigenvalue weighted by atomic mass is 32.1. The predicted molar refractivity (Wildman–Crippen MR) is 102 cm³/mol. The second-order valence-electron chi connectivity index (χ2n) is 6.01. The molecule has 0 saturated carbocycles. The van der Waals surface area contributed by atoms with Gasteiger partial charge in [0.15, 0.2) is 12.4 Å². The number of benzene rings is 1. The molecule has 0 radical (unpaired) electrons. The van der Waals surface area contributed by atoms with E-state index in [0.717, 1.165) is 4.88 Å². The number of ketones is 1. The fraction of sp³-hybridized carbons (Fsp3) is 0.222. The average Bonchev–Trinajstić information content (AvgIpc) is 3.10. The van der Waals surface area contributed by atoms with Crippen LogP contribution in [0.2, 0.25) is 0 Å². The number of hydrogen-bond donors (Lipinski definition) is 3. The summed E-state index contributed by atoms with van der Waals surface area (Å²) < 4.78 is 5.17. The number of rotatable bonds is 5. The minimum Gasteiger partial charge on any atom is -0.454 e. The SMILES string of the molecule is CC(=O)Nc1sc(C)c(C)c1C(=O)OCC(=O)c1ccc2[nH]c(=O)[nH]c2c1. The maximum Gasteiger partial charge on any atom is 0.341 e. The van der Waals surface area contributed by atoms with E-state index < -0.39 is 18.4 Å². The molecule has 0 aliphatic rings. The maximum absolute atomic E-state index is 12.5. The van der Waals surface area contributed by atoms with Crippen molar-refractivity contribution in [2.45, 2.75) is 20.8 Å². The molecular formula is C18H17N3O5S. The summed E-state index contributed by atoms with van der Waals surface area (Å²) in [6.07, 6.45) is 0. The number of ether oxygens (including phenoxy) is 1. The number of hydrogen-bond acceptors (Lipinski definition) is 6. The molecule has 3 aromatic rings. The standard InChI is InChI=1S/C18H17N3O5S/c1-8-9(2)27-16(19-10(3)22)15(8)17(24)26-7-14(23)11-4-5-12-13(6-11)21-18(25)20-12/h4-6H,7H2,1-3H3,(H,19,22)(H2,20,21,25). The Morgan fingerprint density at radius 1 is 1.15 bits per heavy atom. The van der Waals surface area contributed by atoms with Gasteiger partial charge >= 0.3 is 11.7 Å². The third-order valence-electron chi connectivity index (χ3n) is 4.05. The van der Waals surface area contributed by atoms with Crippen LogP contribution in [0.15, 0.2) is 23.0 Å². The van der Waals surface area contributed by atoms with Crippen LogP contribution in [0, 0.1) is 13.8 Å². The number of aryl methyl sites for hydroxylation is 1. The Morgan fingerprint density at radius 3 is 2.56 bits per heavy atom. The quantitative estimate of drug-likeness (QED) is 0.459. The Morgan fingerprint density at radius 2 is 1.85 bits per heavy atom. The first-order valence-corrected chi connectivity index (χ1v) is 8.88. The Hall–Kier alpha value is -3.20. The predicted octanol–water partition coefficient (Wildman–Crippen LogP) is 2.53. The average molecular weight is 387 g/mol. The van der Waals surface area contributed by atoms with E-state index in [1.807, 2.05) is 6.92 Å². The lowest BCUT2D eigenvalue weighted by atomic mass is 10.1. The lowest BCUT2D eigenvalue weighted by molar-refractivity contribution is -0.114. The molecule has 3 rings (SSSR count). The van der Waals surface area contributed by atoms with Gasteiger partial charge in [-0.3, -0.25) is 9.59 Å². The molecule has 0 aliphatic carbocycles. The smallest absolute Gasteiger partial charge is 0.341 e. The van der Waals surface area contributed by atoms with Gasteiger partial charge in [-0.05, 0) is 37.6 Å². The lowest BCUT2D eigenvalue weighted by Gasteiger charge is -2.07. The topological polar surface area (TPSA) is 121 Å². The van der Waals surface area contributed by atoms with Crippen LogP contribution in [0.4, 0.5) is 5.00 Å². The summed E-state index contributed by atoms with van der Waals surface area (Å²) in [5.74, 6) is -1.38. The highest BCUT2D eigenvalue weighted by molar-refractivity contribution is 7.16. The minimum absolute atomic E-state index is 0.255. The number of anilines is 1. The van der Waals surface area contributed by atoms with Crippen LogP contribution in [0.3, 0.4) is 0 Å². The van der Waals surface area contributed by atoms with Crippen molar-refractivity contribution < 1.29 is 19.1 Å². The number of fused-ring (bicyclic) bond motifs is 1.